The highest BCUT2D eigenvalue weighted by atomic mass is 16.5. The second-order valence-corrected chi connectivity index (χ2v) is 3.90. The summed E-state index contributed by atoms with van der Waals surface area (Å²) in [5, 5.41) is 2.66. The van der Waals surface area contributed by atoms with E-state index in [-0.39, 0.29) is 12.5 Å². The molecule has 0 saturated heterocycles. The van der Waals surface area contributed by atoms with Crippen LogP contribution in [0.25, 0.3) is 0 Å². The van der Waals surface area contributed by atoms with Crippen molar-refractivity contribution in [3.63, 3.8) is 0 Å². The van der Waals surface area contributed by atoms with Crippen LogP contribution in [0.5, 0.6) is 5.75 Å². The number of hydrogen-bond donors (Lipinski definition) is 2. The summed E-state index contributed by atoms with van der Waals surface area (Å²) in [5.41, 5.74) is 6.43. The van der Waals surface area contributed by atoms with Crippen molar-refractivity contribution >= 4 is 11.7 Å². The van der Waals surface area contributed by atoms with Gasteiger partial charge in [0.25, 0.3) is 5.91 Å². The molecule has 0 fully saturated rings. The van der Waals surface area contributed by atoms with Crippen LogP contribution >= 0.6 is 0 Å². The first-order valence-corrected chi connectivity index (χ1v) is 5.90. The zero-order chi connectivity index (χ0) is 13.5. The second-order valence-electron chi connectivity index (χ2n) is 3.90. The van der Waals surface area contributed by atoms with Crippen molar-refractivity contribution in [2.24, 2.45) is 5.73 Å². The molecular formula is C14H15N3O2. The molecule has 0 aliphatic heterocycles. The summed E-state index contributed by atoms with van der Waals surface area (Å²) in [6.07, 6.45) is 1.61. The van der Waals surface area contributed by atoms with E-state index in [1.807, 2.05) is 18.2 Å². The fraction of sp³-hybridized carbons (Fsp3) is 0.143. The number of amides is 1. The van der Waals surface area contributed by atoms with Crippen molar-refractivity contribution in [2.75, 3.05) is 11.9 Å². The van der Waals surface area contributed by atoms with Crippen LogP contribution in [-0.2, 0) is 11.3 Å². The number of nitrogens with two attached hydrogens (primary N) is 1. The van der Waals surface area contributed by atoms with Crippen molar-refractivity contribution in [3.05, 3.63) is 54.2 Å². The lowest BCUT2D eigenvalue weighted by molar-refractivity contribution is -0.118. The van der Waals surface area contributed by atoms with E-state index in [1.165, 1.54) is 0 Å². The predicted octanol–water partition coefficient (Wildman–Crippen LogP) is 1.56. The van der Waals surface area contributed by atoms with E-state index in [9.17, 15) is 4.79 Å². The van der Waals surface area contributed by atoms with Gasteiger partial charge in [-0.25, -0.2) is 4.98 Å². The summed E-state index contributed by atoms with van der Waals surface area (Å²) >= 11 is 0. The van der Waals surface area contributed by atoms with Gasteiger partial charge < -0.3 is 15.8 Å². The Bertz CT molecular complexity index is 543. The third kappa shape index (κ3) is 4.08. The molecule has 0 atom stereocenters. The summed E-state index contributed by atoms with van der Waals surface area (Å²) in [6.45, 7) is 0.352. The first-order chi connectivity index (χ1) is 9.28. The standard InChI is InChI=1S/C14H15N3O2/c15-9-11-6-7-16-13(8-11)17-14(18)10-19-12-4-2-1-3-5-12/h1-8H,9-10,15H2,(H,16,17,18). The normalized spacial score (nSPS) is 9.95. The molecule has 0 bridgehead atoms. The lowest BCUT2D eigenvalue weighted by Gasteiger charge is -2.07. The summed E-state index contributed by atoms with van der Waals surface area (Å²) < 4.78 is 5.33. The summed E-state index contributed by atoms with van der Waals surface area (Å²) in [5.74, 6) is 0.872. The first-order valence-electron chi connectivity index (χ1n) is 5.90. The monoisotopic (exact) mass is 257 g/mol. The highest BCUT2D eigenvalue weighted by Crippen LogP contribution is 2.09. The maximum atomic E-state index is 11.7. The SMILES string of the molecule is NCc1ccnc(NC(=O)COc2ccccc2)c1. The van der Waals surface area contributed by atoms with E-state index in [4.69, 9.17) is 10.5 Å². The average molecular weight is 257 g/mol. The number of carbonyl (C=O) groups excluding carboxylic acids is 1. The molecular weight excluding hydrogens is 242 g/mol. The third-order valence-corrected chi connectivity index (χ3v) is 2.44. The van der Waals surface area contributed by atoms with Gasteiger partial charge >= 0.3 is 0 Å². The number of hydrogen-bond acceptors (Lipinski definition) is 4. The topological polar surface area (TPSA) is 77.2 Å². The van der Waals surface area contributed by atoms with Gasteiger partial charge in [0.15, 0.2) is 6.61 Å². The number of rotatable bonds is 5. The van der Waals surface area contributed by atoms with Gasteiger partial charge in [-0.15, -0.1) is 0 Å². The minimum atomic E-state index is -0.259. The van der Waals surface area contributed by atoms with Crippen LogP contribution in [0, 0.1) is 0 Å². The lowest BCUT2D eigenvalue weighted by Crippen LogP contribution is -2.20. The highest BCUT2D eigenvalue weighted by Gasteiger charge is 2.04. The molecule has 2 rings (SSSR count). The minimum Gasteiger partial charge on any atom is -0.484 e. The highest BCUT2D eigenvalue weighted by molar-refractivity contribution is 5.90. The summed E-state index contributed by atoms with van der Waals surface area (Å²) in [7, 11) is 0. The van der Waals surface area contributed by atoms with Crippen LogP contribution in [0.2, 0.25) is 0 Å². The molecule has 2 aromatic rings. The molecule has 1 heterocycles. The van der Waals surface area contributed by atoms with Gasteiger partial charge in [0.05, 0.1) is 0 Å². The van der Waals surface area contributed by atoms with Crippen LogP contribution in [0.3, 0.4) is 0 Å². The molecule has 5 nitrogen and oxygen atoms in total. The number of pyridine rings is 1. The van der Waals surface area contributed by atoms with E-state index < -0.39 is 0 Å². The van der Waals surface area contributed by atoms with Crippen LogP contribution in [0.4, 0.5) is 5.82 Å². The minimum absolute atomic E-state index is 0.0570. The maximum absolute atomic E-state index is 11.7. The quantitative estimate of drug-likeness (QED) is 0.852. The van der Waals surface area contributed by atoms with Crippen molar-refractivity contribution in [1.29, 1.82) is 0 Å². The molecule has 19 heavy (non-hydrogen) atoms. The van der Waals surface area contributed by atoms with Crippen LogP contribution < -0.4 is 15.8 Å². The molecule has 1 amide bonds. The Morgan fingerprint density at radius 3 is 2.79 bits per heavy atom. The van der Waals surface area contributed by atoms with Crippen LogP contribution in [0.1, 0.15) is 5.56 Å². The Hall–Kier alpha value is -2.40. The number of benzene rings is 1. The van der Waals surface area contributed by atoms with E-state index >= 15 is 0 Å². The number of anilines is 1. The Balaban J connectivity index is 1.87. The zero-order valence-corrected chi connectivity index (χ0v) is 10.4. The molecule has 0 unspecified atom stereocenters. The number of ether oxygens (including phenoxy) is 1. The Morgan fingerprint density at radius 1 is 1.26 bits per heavy atom. The number of aromatic nitrogens is 1. The summed E-state index contributed by atoms with van der Waals surface area (Å²) in [6, 6.07) is 12.7. The molecule has 0 radical (unpaired) electrons. The molecule has 0 aliphatic carbocycles. The van der Waals surface area contributed by atoms with E-state index in [0.717, 1.165) is 5.56 Å². The molecule has 5 heteroatoms. The Kier molecular flexibility index (Phi) is 4.47. The first kappa shape index (κ1) is 13.0. The van der Waals surface area contributed by atoms with Gasteiger partial charge in [-0.3, -0.25) is 4.79 Å². The predicted molar refractivity (Wildman–Crippen MR) is 72.7 cm³/mol. The van der Waals surface area contributed by atoms with E-state index in [0.29, 0.717) is 18.1 Å². The fourth-order valence-corrected chi connectivity index (χ4v) is 1.51. The van der Waals surface area contributed by atoms with Crippen LogP contribution in [0.15, 0.2) is 48.7 Å². The number of nitrogens with zero attached hydrogens (tertiary/aromatic N) is 1. The Morgan fingerprint density at radius 2 is 2.05 bits per heavy atom. The van der Waals surface area contributed by atoms with Gasteiger partial charge in [-0.2, -0.15) is 0 Å². The number of nitrogens with one attached hydrogen (secondary N) is 1. The van der Waals surface area contributed by atoms with Crippen molar-refractivity contribution in [3.8, 4) is 5.75 Å². The van der Waals surface area contributed by atoms with E-state index in [2.05, 4.69) is 10.3 Å². The molecule has 1 aromatic carbocycles. The second kappa shape index (κ2) is 6.51. The molecule has 98 valence electrons. The van der Waals surface area contributed by atoms with Gasteiger partial charge in [0.1, 0.15) is 11.6 Å². The van der Waals surface area contributed by atoms with Gasteiger partial charge in [-0.1, -0.05) is 18.2 Å². The smallest absolute Gasteiger partial charge is 0.263 e. The van der Waals surface area contributed by atoms with Crippen LogP contribution in [-0.4, -0.2) is 17.5 Å². The third-order valence-electron chi connectivity index (χ3n) is 2.44. The summed E-state index contributed by atoms with van der Waals surface area (Å²) in [4.78, 5) is 15.7. The zero-order valence-electron chi connectivity index (χ0n) is 10.4. The van der Waals surface area contributed by atoms with Gasteiger partial charge in [0.2, 0.25) is 0 Å². The average Bonchev–Trinajstić information content (AvgIpc) is 2.46. The molecule has 3 N–H and O–H groups in total. The lowest BCUT2D eigenvalue weighted by atomic mass is 10.2. The number of para-hydroxylation sites is 1. The number of carbonyl (C=O) groups is 1. The molecule has 1 aromatic heterocycles. The largest absolute Gasteiger partial charge is 0.484 e. The van der Waals surface area contributed by atoms with Crippen molar-refractivity contribution in [1.82, 2.24) is 4.98 Å². The van der Waals surface area contributed by atoms with E-state index in [1.54, 1.807) is 30.5 Å². The van der Waals surface area contributed by atoms with Gasteiger partial charge in [-0.05, 0) is 29.8 Å². The van der Waals surface area contributed by atoms with Crippen molar-refractivity contribution in [2.45, 2.75) is 6.54 Å². The molecule has 0 saturated carbocycles. The van der Waals surface area contributed by atoms with Gasteiger partial charge in [0, 0.05) is 12.7 Å². The maximum Gasteiger partial charge on any atom is 0.263 e. The molecule has 0 aliphatic rings. The van der Waals surface area contributed by atoms with Crippen molar-refractivity contribution < 1.29 is 9.53 Å². The molecule has 0 spiro atoms. The fourth-order valence-electron chi connectivity index (χ4n) is 1.51. The Labute approximate surface area is 111 Å².